The average Bonchev–Trinajstić information content (AvgIpc) is 2.44. The van der Waals surface area contributed by atoms with E-state index in [9.17, 15) is 9.90 Å². The number of rotatable bonds is 5. The molecule has 0 bridgehead atoms. The molecule has 0 radical (unpaired) electrons. The van der Waals surface area contributed by atoms with Gasteiger partial charge in [-0.3, -0.25) is 9.48 Å². The molecule has 6 heteroatoms. The average molecular weight is 277 g/mol. The molecule has 0 aliphatic heterocycles. The van der Waals surface area contributed by atoms with Crippen LogP contribution in [-0.4, -0.2) is 26.0 Å². The molecule has 1 atom stereocenters. The van der Waals surface area contributed by atoms with Crippen LogP contribution in [0.5, 0.6) is 0 Å². The van der Waals surface area contributed by atoms with Gasteiger partial charge in [-0.1, -0.05) is 0 Å². The maximum Gasteiger partial charge on any atom is 0.303 e. The number of aliphatic carboxylic acids is 1. The maximum atomic E-state index is 10.3. The van der Waals surface area contributed by atoms with E-state index in [0.717, 1.165) is 4.47 Å². The lowest BCUT2D eigenvalue weighted by molar-refractivity contribution is -0.137. The van der Waals surface area contributed by atoms with Crippen LogP contribution in [0, 0.1) is 0 Å². The summed E-state index contributed by atoms with van der Waals surface area (Å²) < 4.78 is 2.34. The van der Waals surface area contributed by atoms with Gasteiger partial charge in [-0.2, -0.15) is 5.10 Å². The topological polar surface area (TPSA) is 75.4 Å². The summed E-state index contributed by atoms with van der Waals surface area (Å²) in [6.45, 7) is 0. The van der Waals surface area contributed by atoms with Crippen molar-refractivity contribution in [2.75, 3.05) is 0 Å². The van der Waals surface area contributed by atoms with E-state index in [4.69, 9.17) is 5.11 Å². The fourth-order valence-electron chi connectivity index (χ4n) is 1.29. The standard InChI is InChI=1S/C9H13BrN2O3/c1-12-5-6(10)9(11-12)7(13)3-2-4-8(14)15/h5,7,13H,2-4H2,1H3,(H,14,15). The SMILES string of the molecule is Cn1cc(Br)c(C(O)CCCC(=O)O)n1. The first kappa shape index (κ1) is 12.2. The van der Waals surface area contributed by atoms with E-state index in [2.05, 4.69) is 21.0 Å². The van der Waals surface area contributed by atoms with E-state index in [0.29, 0.717) is 18.5 Å². The van der Waals surface area contributed by atoms with Crippen LogP contribution in [0.2, 0.25) is 0 Å². The van der Waals surface area contributed by atoms with Crippen molar-refractivity contribution in [3.8, 4) is 0 Å². The Morgan fingerprint density at radius 1 is 1.73 bits per heavy atom. The molecule has 1 heterocycles. The summed E-state index contributed by atoms with van der Waals surface area (Å²) in [5, 5.41) is 22.3. The first-order chi connectivity index (χ1) is 7.00. The van der Waals surface area contributed by atoms with Crippen LogP contribution < -0.4 is 0 Å². The number of carbonyl (C=O) groups is 1. The normalized spacial score (nSPS) is 12.7. The molecule has 1 unspecified atom stereocenters. The van der Waals surface area contributed by atoms with Crippen molar-refractivity contribution in [1.82, 2.24) is 9.78 Å². The third-order valence-corrected chi connectivity index (χ3v) is 2.61. The fraction of sp³-hybridized carbons (Fsp3) is 0.556. The number of aromatic nitrogens is 2. The maximum absolute atomic E-state index is 10.3. The minimum Gasteiger partial charge on any atom is -0.481 e. The zero-order chi connectivity index (χ0) is 11.4. The van der Waals surface area contributed by atoms with E-state index in [1.54, 1.807) is 17.9 Å². The summed E-state index contributed by atoms with van der Waals surface area (Å²) in [5.41, 5.74) is 0.558. The molecule has 0 spiro atoms. The lowest BCUT2D eigenvalue weighted by Gasteiger charge is -2.06. The zero-order valence-electron chi connectivity index (χ0n) is 8.35. The summed E-state index contributed by atoms with van der Waals surface area (Å²) in [4.78, 5) is 10.3. The molecule has 0 aliphatic carbocycles. The predicted molar refractivity (Wildman–Crippen MR) is 57.4 cm³/mol. The quantitative estimate of drug-likeness (QED) is 0.854. The number of carboxylic acid groups (broad SMARTS) is 1. The Morgan fingerprint density at radius 2 is 2.40 bits per heavy atom. The lowest BCUT2D eigenvalue weighted by atomic mass is 10.1. The van der Waals surface area contributed by atoms with Crippen LogP contribution >= 0.6 is 15.9 Å². The monoisotopic (exact) mass is 276 g/mol. The van der Waals surface area contributed by atoms with E-state index < -0.39 is 12.1 Å². The van der Waals surface area contributed by atoms with E-state index in [1.165, 1.54) is 0 Å². The first-order valence-electron chi connectivity index (χ1n) is 4.59. The predicted octanol–water partition coefficient (Wildman–Crippen LogP) is 1.47. The Hall–Kier alpha value is -0.880. The van der Waals surface area contributed by atoms with Gasteiger partial charge in [0.05, 0.1) is 10.6 Å². The third kappa shape index (κ3) is 3.64. The van der Waals surface area contributed by atoms with Crippen molar-refractivity contribution in [3.05, 3.63) is 16.4 Å². The number of hydrogen-bond donors (Lipinski definition) is 2. The van der Waals surface area contributed by atoms with Crippen LogP contribution in [0.1, 0.15) is 31.1 Å². The van der Waals surface area contributed by atoms with Gasteiger partial charge in [0.25, 0.3) is 0 Å². The van der Waals surface area contributed by atoms with E-state index in [-0.39, 0.29) is 6.42 Å². The number of aryl methyl sites for hydroxylation is 1. The number of carboxylic acids is 1. The molecule has 0 saturated heterocycles. The Morgan fingerprint density at radius 3 is 2.87 bits per heavy atom. The number of aliphatic hydroxyl groups excluding tert-OH is 1. The molecule has 0 saturated carbocycles. The molecule has 0 aliphatic rings. The van der Waals surface area contributed by atoms with Crippen LogP contribution in [-0.2, 0) is 11.8 Å². The number of halogens is 1. The fourth-order valence-corrected chi connectivity index (χ4v) is 1.93. The second-order valence-electron chi connectivity index (χ2n) is 3.34. The van der Waals surface area contributed by atoms with Gasteiger partial charge in [0, 0.05) is 19.7 Å². The highest BCUT2D eigenvalue weighted by Gasteiger charge is 2.15. The van der Waals surface area contributed by atoms with Crippen LogP contribution in [0.4, 0.5) is 0 Å². The molecule has 84 valence electrons. The molecule has 1 aromatic rings. The number of aliphatic hydroxyl groups is 1. The van der Waals surface area contributed by atoms with Crippen LogP contribution in [0.25, 0.3) is 0 Å². The molecular weight excluding hydrogens is 264 g/mol. The van der Waals surface area contributed by atoms with Crippen molar-refractivity contribution in [3.63, 3.8) is 0 Å². The summed E-state index contributed by atoms with van der Waals surface area (Å²) in [7, 11) is 1.76. The first-order valence-corrected chi connectivity index (χ1v) is 5.39. The minimum absolute atomic E-state index is 0.0709. The van der Waals surface area contributed by atoms with Gasteiger partial charge in [-0.25, -0.2) is 0 Å². The summed E-state index contributed by atoms with van der Waals surface area (Å²) >= 11 is 3.28. The molecule has 5 nitrogen and oxygen atoms in total. The molecule has 0 aromatic carbocycles. The van der Waals surface area contributed by atoms with Crippen molar-refractivity contribution in [2.24, 2.45) is 7.05 Å². The van der Waals surface area contributed by atoms with Gasteiger partial charge >= 0.3 is 5.97 Å². The van der Waals surface area contributed by atoms with E-state index >= 15 is 0 Å². The third-order valence-electron chi connectivity index (χ3n) is 1.99. The van der Waals surface area contributed by atoms with Crippen molar-refractivity contribution in [2.45, 2.75) is 25.4 Å². The summed E-state index contributed by atoms with van der Waals surface area (Å²) in [5.74, 6) is -0.845. The van der Waals surface area contributed by atoms with Gasteiger partial charge in [-0.15, -0.1) is 0 Å². The molecule has 1 aromatic heterocycles. The molecule has 0 amide bonds. The molecule has 0 fully saturated rings. The number of nitrogens with zero attached hydrogens (tertiary/aromatic N) is 2. The Labute approximate surface area is 95.8 Å². The second-order valence-corrected chi connectivity index (χ2v) is 4.19. The largest absolute Gasteiger partial charge is 0.481 e. The molecule has 15 heavy (non-hydrogen) atoms. The smallest absolute Gasteiger partial charge is 0.303 e. The van der Waals surface area contributed by atoms with Gasteiger partial charge in [0.2, 0.25) is 0 Å². The van der Waals surface area contributed by atoms with E-state index in [1.807, 2.05) is 0 Å². The van der Waals surface area contributed by atoms with Gasteiger partial charge < -0.3 is 10.2 Å². The Balaban J connectivity index is 2.50. The van der Waals surface area contributed by atoms with Gasteiger partial charge in [0.1, 0.15) is 5.69 Å². The van der Waals surface area contributed by atoms with Crippen LogP contribution in [0.15, 0.2) is 10.7 Å². The van der Waals surface area contributed by atoms with Crippen molar-refractivity contribution >= 4 is 21.9 Å². The van der Waals surface area contributed by atoms with Gasteiger partial charge in [0.15, 0.2) is 0 Å². The van der Waals surface area contributed by atoms with Crippen molar-refractivity contribution in [1.29, 1.82) is 0 Å². The van der Waals surface area contributed by atoms with Crippen LogP contribution in [0.3, 0.4) is 0 Å². The highest BCUT2D eigenvalue weighted by Crippen LogP contribution is 2.24. The number of hydrogen-bond acceptors (Lipinski definition) is 3. The second kappa shape index (κ2) is 5.27. The van der Waals surface area contributed by atoms with Gasteiger partial charge in [-0.05, 0) is 28.8 Å². The molecule has 1 rings (SSSR count). The molecule has 2 N–H and O–H groups in total. The minimum atomic E-state index is -0.845. The van der Waals surface area contributed by atoms with Crippen molar-refractivity contribution < 1.29 is 15.0 Å². The summed E-state index contributed by atoms with van der Waals surface area (Å²) in [6, 6.07) is 0. The molecular formula is C9H13BrN2O3. The zero-order valence-corrected chi connectivity index (χ0v) is 9.94. The summed E-state index contributed by atoms with van der Waals surface area (Å²) in [6.07, 6.45) is 1.96. The highest BCUT2D eigenvalue weighted by molar-refractivity contribution is 9.10. The lowest BCUT2D eigenvalue weighted by Crippen LogP contribution is -2.02. The highest BCUT2D eigenvalue weighted by atomic mass is 79.9. The Bertz CT molecular complexity index is 351. The Kier molecular flexibility index (Phi) is 4.28.